The number of benzene rings is 1. The summed E-state index contributed by atoms with van der Waals surface area (Å²) in [6, 6.07) is 10.0. The highest BCUT2D eigenvalue weighted by atomic mass is 14.1. The second-order valence-electron chi connectivity index (χ2n) is 3.58. The number of hydrogen-bond donors (Lipinski definition) is 0. The SMILES string of the molecule is C1=CC2=CC=CC2=C1.C=Cc1ccccc1. The minimum absolute atomic E-state index is 1.17. The number of fused-ring (bicyclic) bond motifs is 1. The van der Waals surface area contributed by atoms with Gasteiger partial charge in [-0.25, -0.2) is 0 Å². The second kappa shape index (κ2) is 5.13. The topological polar surface area (TPSA) is 0 Å². The van der Waals surface area contributed by atoms with E-state index < -0.39 is 0 Å². The summed E-state index contributed by atoms with van der Waals surface area (Å²) < 4.78 is 0. The lowest BCUT2D eigenvalue weighted by atomic mass is 10.2. The van der Waals surface area contributed by atoms with Gasteiger partial charge in [-0.2, -0.15) is 0 Å². The van der Waals surface area contributed by atoms with Crippen LogP contribution in [0.15, 0.2) is 84.5 Å². The highest BCUT2D eigenvalue weighted by Crippen LogP contribution is 2.23. The minimum Gasteiger partial charge on any atom is -0.0985 e. The standard InChI is InChI=1S/C8H6.C8H8/c1-3-7-5-2-6-8(7)4-1;1-2-8-6-4-3-5-7-8/h1-6H;2-7H,1H2. The maximum Gasteiger partial charge on any atom is -0.0184 e. The van der Waals surface area contributed by atoms with Crippen LogP contribution in [0.4, 0.5) is 0 Å². The van der Waals surface area contributed by atoms with E-state index in [0.29, 0.717) is 0 Å². The Morgan fingerprint density at radius 3 is 1.81 bits per heavy atom. The first-order valence-corrected chi connectivity index (χ1v) is 5.35. The molecule has 1 aromatic carbocycles. The van der Waals surface area contributed by atoms with Crippen molar-refractivity contribution >= 4 is 6.08 Å². The first-order valence-electron chi connectivity index (χ1n) is 5.35. The third-order valence-electron chi connectivity index (χ3n) is 2.47. The van der Waals surface area contributed by atoms with Gasteiger partial charge in [0.05, 0.1) is 0 Å². The minimum atomic E-state index is 1.17. The Morgan fingerprint density at radius 2 is 1.38 bits per heavy atom. The fraction of sp³-hybridized carbons (Fsp3) is 0. The molecule has 3 rings (SSSR count). The van der Waals surface area contributed by atoms with Gasteiger partial charge < -0.3 is 0 Å². The molecular formula is C16H14. The summed E-state index contributed by atoms with van der Waals surface area (Å²) in [5, 5.41) is 0. The molecule has 0 saturated heterocycles. The molecule has 2 aliphatic carbocycles. The van der Waals surface area contributed by atoms with Crippen molar-refractivity contribution in [2.45, 2.75) is 0 Å². The molecule has 16 heavy (non-hydrogen) atoms. The number of allylic oxidation sites excluding steroid dienone is 8. The normalized spacial score (nSPS) is 14.8. The van der Waals surface area contributed by atoms with Crippen LogP contribution in [0.2, 0.25) is 0 Å². The lowest BCUT2D eigenvalue weighted by Gasteiger charge is -1.85. The van der Waals surface area contributed by atoms with Gasteiger partial charge >= 0.3 is 0 Å². The molecule has 78 valence electrons. The van der Waals surface area contributed by atoms with Crippen LogP contribution in [-0.2, 0) is 0 Å². The van der Waals surface area contributed by atoms with E-state index in [1.54, 1.807) is 0 Å². The highest BCUT2D eigenvalue weighted by molar-refractivity contribution is 5.59. The second-order valence-corrected chi connectivity index (χ2v) is 3.58. The zero-order valence-electron chi connectivity index (χ0n) is 9.14. The van der Waals surface area contributed by atoms with E-state index in [2.05, 4.69) is 43.0 Å². The maximum atomic E-state index is 3.63. The van der Waals surface area contributed by atoms with Crippen molar-refractivity contribution in [2.75, 3.05) is 0 Å². The lowest BCUT2D eigenvalue weighted by molar-refractivity contribution is 1.67. The fourth-order valence-corrected chi connectivity index (χ4v) is 1.60. The lowest BCUT2D eigenvalue weighted by Crippen LogP contribution is -1.67. The van der Waals surface area contributed by atoms with E-state index in [1.807, 2.05) is 36.4 Å². The van der Waals surface area contributed by atoms with Gasteiger partial charge in [0.2, 0.25) is 0 Å². The summed E-state index contributed by atoms with van der Waals surface area (Å²) >= 11 is 0. The van der Waals surface area contributed by atoms with Gasteiger partial charge in [0, 0.05) is 0 Å². The van der Waals surface area contributed by atoms with Crippen molar-refractivity contribution in [1.82, 2.24) is 0 Å². The molecule has 0 saturated carbocycles. The van der Waals surface area contributed by atoms with Crippen LogP contribution >= 0.6 is 0 Å². The first kappa shape index (κ1) is 10.4. The molecule has 0 aliphatic heterocycles. The Balaban J connectivity index is 0.000000120. The maximum absolute atomic E-state index is 3.63. The predicted octanol–water partition coefficient (Wildman–Crippen LogP) is 4.31. The fourth-order valence-electron chi connectivity index (χ4n) is 1.60. The average Bonchev–Trinajstić information content (AvgIpc) is 2.93. The van der Waals surface area contributed by atoms with E-state index >= 15 is 0 Å². The van der Waals surface area contributed by atoms with Gasteiger partial charge in [-0.3, -0.25) is 0 Å². The largest absolute Gasteiger partial charge is 0.0985 e. The smallest absolute Gasteiger partial charge is 0.0184 e. The van der Waals surface area contributed by atoms with E-state index in [1.165, 1.54) is 16.7 Å². The molecule has 0 spiro atoms. The molecule has 0 heteroatoms. The number of rotatable bonds is 1. The van der Waals surface area contributed by atoms with E-state index in [9.17, 15) is 0 Å². The zero-order valence-corrected chi connectivity index (χ0v) is 9.14. The molecule has 2 aliphatic rings. The molecule has 0 N–H and O–H groups in total. The van der Waals surface area contributed by atoms with Gasteiger partial charge in [0.15, 0.2) is 0 Å². The number of hydrogen-bond acceptors (Lipinski definition) is 0. The summed E-state index contributed by atoms with van der Waals surface area (Å²) in [5.74, 6) is 0. The van der Waals surface area contributed by atoms with Crippen molar-refractivity contribution in [3.05, 3.63) is 90.1 Å². The molecular weight excluding hydrogens is 192 g/mol. The van der Waals surface area contributed by atoms with Crippen LogP contribution in [-0.4, -0.2) is 0 Å². The summed E-state index contributed by atoms with van der Waals surface area (Å²) in [4.78, 5) is 0. The summed E-state index contributed by atoms with van der Waals surface area (Å²) in [5.41, 5.74) is 3.88. The molecule has 0 unspecified atom stereocenters. The van der Waals surface area contributed by atoms with Crippen molar-refractivity contribution in [3.8, 4) is 0 Å². The van der Waals surface area contributed by atoms with Crippen molar-refractivity contribution in [1.29, 1.82) is 0 Å². The molecule has 0 atom stereocenters. The highest BCUT2D eigenvalue weighted by Gasteiger charge is 2.04. The van der Waals surface area contributed by atoms with Crippen LogP contribution in [0.5, 0.6) is 0 Å². The van der Waals surface area contributed by atoms with E-state index in [4.69, 9.17) is 0 Å². The summed E-state index contributed by atoms with van der Waals surface area (Å²) in [7, 11) is 0. The third kappa shape index (κ3) is 2.48. The van der Waals surface area contributed by atoms with Crippen molar-refractivity contribution in [3.63, 3.8) is 0 Å². The van der Waals surface area contributed by atoms with Crippen LogP contribution < -0.4 is 0 Å². The summed E-state index contributed by atoms with van der Waals surface area (Å²) in [6.07, 6.45) is 14.5. The van der Waals surface area contributed by atoms with Crippen LogP contribution in [0.1, 0.15) is 5.56 Å². The van der Waals surface area contributed by atoms with Gasteiger partial charge in [-0.1, -0.05) is 79.4 Å². The van der Waals surface area contributed by atoms with E-state index in [0.717, 1.165) is 0 Å². The van der Waals surface area contributed by atoms with Gasteiger partial charge in [-0.05, 0) is 16.7 Å². The Labute approximate surface area is 96.6 Å². The Morgan fingerprint density at radius 1 is 0.812 bits per heavy atom. The molecule has 0 bridgehead atoms. The van der Waals surface area contributed by atoms with Crippen molar-refractivity contribution in [2.24, 2.45) is 0 Å². The average molecular weight is 206 g/mol. The van der Waals surface area contributed by atoms with Gasteiger partial charge in [0.1, 0.15) is 0 Å². The summed E-state index contributed by atoms with van der Waals surface area (Å²) in [6.45, 7) is 3.63. The van der Waals surface area contributed by atoms with Crippen LogP contribution in [0, 0.1) is 0 Å². The van der Waals surface area contributed by atoms with Gasteiger partial charge in [0.25, 0.3) is 0 Å². The van der Waals surface area contributed by atoms with Gasteiger partial charge in [-0.15, -0.1) is 0 Å². The van der Waals surface area contributed by atoms with Crippen molar-refractivity contribution < 1.29 is 0 Å². The molecule has 0 nitrogen and oxygen atoms in total. The zero-order chi connectivity index (χ0) is 11.2. The monoisotopic (exact) mass is 206 g/mol. The van der Waals surface area contributed by atoms with Crippen LogP contribution in [0.3, 0.4) is 0 Å². The predicted molar refractivity (Wildman–Crippen MR) is 71.0 cm³/mol. The Hall–Kier alpha value is -2.08. The Kier molecular flexibility index (Phi) is 3.35. The third-order valence-corrected chi connectivity index (χ3v) is 2.47. The molecule has 0 heterocycles. The quantitative estimate of drug-likeness (QED) is 0.642. The Bertz CT molecular complexity index is 456. The molecule has 0 aromatic heterocycles. The first-order chi connectivity index (χ1) is 7.90. The molecule has 0 amide bonds. The molecule has 0 radical (unpaired) electrons. The molecule has 1 aromatic rings. The molecule has 0 fully saturated rings. The van der Waals surface area contributed by atoms with Crippen LogP contribution in [0.25, 0.3) is 6.08 Å². The van der Waals surface area contributed by atoms with E-state index in [-0.39, 0.29) is 0 Å².